The smallest absolute Gasteiger partial charge is 0.158 e. The molecule has 5 rings (SSSR count). The van der Waals surface area contributed by atoms with Gasteiger partial charge in [0.25, 0.3) is 0 Å². The minimum atomic E-state index is -0.697. The van der Waals surface area contributed by atoms with E-state index in [1.54, 1.807) is 23.1 Å². The van der Waals surface area contributed by atoms with Crippen molar-refractivity contribution in [1.29, 1.82) is 0 Å². The Kier molecular flexibility index (Phi) is 4.24. The van der Waals surface area contributed by atoms with Gasteiger partial charge in [0.1, 0.15) is 23.3 Å². The zero-order valence-corrected chi connectivity index (χ0v) is 15.6. The number of anilines is 2. The number of hydrogen-bond acceptors (Lipinski definition) is 6. The molecule has 2 aromatic heterocycles. The van der Waals surface area contributed by atoms with Crippen LogP contribution < -0.4 is 10.2 Å². The first-order valence-electron chi connectivity index (χ1n) is 9.31. The lowest BCUT2D eigenvalue weighted by atomic mass is 10.1. The molecule has 9 heteroatoms. The third kappa shape index (κ3) is 3.13. The minimum absolute atomic E-state index is 0.0654. The van der Waals surface area contributed by atoms with E-state index >= 15 is 0 Å². The normalized spacial score (nSPS) is 18.4. The van der Waals surface area contributed by atoms with Crippen LogP contribution in [0.25, 0.3) is 5.69 Å². The standard InChI is InChI=1S/C20H18F2N6O/c1-12-11-27(7-8-29-12)18-9-16-15(10-23-18)25-20(26-17-5-6-24-28(16)17)19-13(21)3-2-4-14(19)22/h2-6,9-10,12H,7-8,11H2,1H3,(H,25,26)/t12-/m0/s1. The molecular formula is C20H18F2N6O. The Balaban J connectivity index is 1.60. The first-order chi connectivity index (χ1) is 14.1. The zero-order chi connectivity index (χ0) is 20.0. The van der Waals surface area contributed by atoms with Gasteiger partial charge in [-0.15, -0.1) is 0 Å². The number of hydrogen-bond donors (Lipinski definition) is 1. The van der Waals surface area contributed by atoms with Crippen LogP contribution in [0.5, 0.6) is 0 Å². The molecule has 0 radical (unpaired) electrons. The van der Waals surface area contributed by atoms with E-state index in [0.717, 1.165) is 18.9 Å². The van der Waals surface area contributed by atoms with Crippen LogP contribution in [0.2, 0.25) is 0 Å². The predicted octanol–water partition coefficient (Wildman–Crippen LogP) is 3.27. The Hall–Kier alpha value is -3.33. The van der Waals surface area contributed by atoms with Gasteiger partial charge in [0.05, 0.1) is 42.0 Å². The van der Waals surface area contributed by atoms with Crippen molar-refractivity contribution in [3.8, 4) is 5.69 Å². The van der Waals surface area contributed by atoms with E-state index in [4.69, 9.17) is 4.74 Å². The Labute approximate surface area is 165 Å². The highest BCUT2D eigenvalue weighted by Gasteiger charge is 2.24. The van der Waals surface area contributed by atoms with E-state index in [1.807, 2.05) is 13.0 Å². The van der Waals surface area contributed by atoms with Crippen LogP contribution in [0.15, 0.2) is 47.7 Å². The van der Waals surface area contributed by atoms with Crippen LogP contribution in [0.3, 0.4) is 0 Å². The van der Waals surface area contributed by atoms with Crippen molar-refractivity contribution < 1.29 is 13.5 Å². The zero-order valence-electron chi connectivity index (χ0n) is 15.6. The second kappa shape index (κ2) is 6.93. The van der Waals surface area contributed by atoms with Crippen molar-refractivity contribution in [3.05, 3.63) is 59.9 Å². The fraction of sp³-hybridized carbons (Fsp3) is 0.250. The van der Waals surface area contributed by atoms with Gasteiger partial charge in [0.15, 0.2) is 5.82 Å². The average Bonchev–Trinajstić information content (AvgIpc) is 3.10. The number of rotatable bonds is 2. The van der Waals surface area contributed by atoms with Gasteiger partial charge in [0, 0.05) is 25.2 Å². The van der Waals surface area contributed by atoms with E-state index in [1.165, 1.54) is 18.2 Å². The molecule has 29 heavy (non-hydrogen) atoms. The summed E-state index contributed by atoms with van der Waals surface area (Å²) in [4.78, 5) is 11.1. The van der Waals surface area contributed by atoms with E-state index < -0.39 is 11.6 Å². The van der Waals surface area contributed by atoms with Gasteiger partial charge >= 0.3 is 0 Å². The molecule has 3 aromatic rings. The second-order valence-electron chi connectivity index (χ2n) is 6.97. The van der Waals surface area contributed by atoms with Crippen LogP contribution >= 0.6 is 0 Å². The van der Waals surface area contributed by atoms with Crippen molar-refractivity contribution >= 4 is 23.2 Å². The number of ether oxygens (including phenoxy) is 1. The molecule has 0 spiro atoms. The van der Waals surface area contributed by atoms with E-state index in [9.17, 15) is 8.78 Å². The van der Waals surface area contributed by atoms with Gasteiger partial charge in [-0.1, -0.05) is 6.07 Å². The Morgan fingerprint density at radius 1 is 1.21 bits per heavy atom. The Morgan fingerprint density at radius 3 is 2.83 bits per heavy atom. The summed E-state index contributed by atoms with van der Waals surface area (Å²) < 4.78 is 36.0. The number of nitrogens with zero attached hydrogens (tertiary/aromatic N) is 5. The quantitative estimate of drug-likeness (QED) is 0.720. The number of amidine groups is 1. The number of morpholine rings is 1. The number of fused-ring (bicyclic) bond motifs is 3. The molecule has 7 nitrogen and oxygen atoms in total. The van der Waals surface area contributed by atoms with Gasteiger partial charge < -0.3 is 15.0 Å². The maximum atomic E-state index is 14.4. The highest BCUT2D eigenvalue weighted by molar-refractivity contribution is 6.11. The van der Waals surface area contributed by atoms with Crippen LogP contribution in [0, 0.1) is 11.6 Å². The first kappa shape index (κ1) is 17.7. The monoisotopic (exact) mass is 396 g/mol. The summed E-state index contributed by atoms with van der Waals surface area (Å²) in [7, 11) is 0. The molecule has 0 unspecified atom stereocenters. The lowest BCUT2D eigenvalue weighted by Gasteiger charge is -2.32. The van der Waals surface area contributed by atoms with Gasteiger partial charge in [-0.2, -0.15) is 5.10 Å². The fourth-order valence-electron chi connectivity index (χ4n) is 3.58. The minimum Gasteiger partial charge on any atom is -0.375 e. The number of aliphatic imine (C=N–C) groups is 1. The molecular weight excluding hydrogens is 378 g/mol. The van der Waals surface area contributed by atoms with E-state index in [-0.39, 0.29) is 17.5 Å². The number of aromatic nitrogens is 3. The third-order valence-corrected chi connectivity index (χ3v) is 4.96. The highest BCUT2D eigenvalue weighted by Crippen LogP contribution is 2.32. The molecule has 2 aliphatic rings. The summed E-state index contributed by atoms with van der Waals surface area (Å²) in [6.45, 7) is 4.11. The molecule has 1 aromatic carbocycles. The number of pyridine rings is 1. The summed E-state index contributed by atoms with van der Waals surface area (Å²) in [6.07, 6.45) is 3.34. The average molecular weight is 396 g/mol. The van der Waals surface area contributed by atoms with Crippen molar-refractivity contribution in [2.75, 3.05) is 29.9 Å². The SMILES string of the molecule is C[C@H]1CN(c2cc3c(cn2)NC(c2c(F)cccc2F)=Nc2ccnn2-3)CCO1. The summed E-state index contributed by atoms with van der Waals surface area (Å²) in [5.74, 6) is -0.0880. The van der Waals surface area contributed by atoms with Gasteiger partial charge in [-0.3, -0.25) is 0 Å². The maximum Gasteiger partial charge on any atom is 0.158 e. The molecule has 1 saturated heterocycles. The first-order valence-corrected chi connectivity index (χ1v) is 9.31. The fourth-order valence-corrected chi connectivity index (χ4v) is 3.58. The van der Waals surface area contributed by atoms with E-state index in [2.05, 4.69) is 25.3 Å². The lowest BCUT2D eigenvalue weighted by Crippen LogP contribution is -2.41. The molecule has 1 N–H and O–H groups in total. The topological polar surface area (TPSA) is 67.6 Å². The number of halogens is 2. The van der Waals surface area contributed by atoms with Crippen molar-refractivity contribution in [2.45, 2.75) is 13.0 Å². The summed E-state index contributed by atoms with van der Waals surface area (Å²) in [6, 6.07) is 7.31. The second-order valence-corrected chi connectivity index (χ2v) is 6.97. The van der Waals surface area contributed by atoms with Crippen LogP contribution in [0.4, 0.5) is 26.1 Å². The van der Waals surface area contributed by atoms with Crippen molar-refractivity contribution in [3.63, 3.8) is 0 Å². The lowest BCUT2D eigenvalue weighted by molar-refractivity contribution is 0.0529. The molecule has 2 aliphatic heterocycles. The van der Waals surface area contributed by atoms with Crippen LogP contribution in [0.1, 0.15) is 12.5 Å². The van der Waals surface area contributed by atoms with Crippen molar-refractivity contribution in [1.82, 2.24) is 14.8 Å². The molecule has 1 atom stereocenters. The summed E-state index contributed by atoms with van der Waals surface area (Å²) in [5.41, 5.74) is 1.03. The van der Waals surface area contributed by atoms with Gasteiger partial charge in [-0.05, 0) is 19.1 Å². The van der Waals surface area contributed by atoms with E-state index in [0.29, 0.717) is 23.8 Å². The van der Waals surface area contributed by atoms with Crippen LogP contribution in [-0.4, -0.2) is 46.4 Å². The van der Waals surface area contributed by atoms with Gasteiger partial charge in [-0.25, -0.2) is 23.4 Å². The molecule has 0 amide bonds. The number of benzene rings is 1. The third-order valence-electron chi connectivity index (χ3n) is 4.96. The largest absolute Gasteiger partial charge is 0.375 e. The predicted molar refractivity (Wildman–Crippen MR) is 105 cm³/mol. The molecule has 4 heterocycles. The molecule has 0 bridgehead atoms. The van der Waals surface area contributed by atoms with Crippen LogP contribution in [-0.2, 0) is 4.74 Å². The molecule has 0 saturated carbocycles. The summed E-state index contributed by atoms with van der Waals surface area (Å²) in [5, 5.41) is 7.38. The molecule has 1 fully saturated rings. The Bertz CT molecular complexity index is 1090. The highest BCUT2D eigenvalue weighted by atomic mass is 19.1. The Morgan fingerprint density at radius 2 is 2.03 bits per heavy atom. The number of nitrogens with one attached hydrogen (secondary N) is 1. The van der Waals surface area contributed by atoms with Crippen molar-refractivity contribution in [2.24, 2.45) is 4.99 Å². The molecule has 148 valence electrons. The molecule has 0 aliphatic carbocycles. The maximum absolute atomic E-state index is 14.4. The summed E-state index contributed by atoms with van der Waals surface area (Å²) >= 11 is 0. The van der Waals surface area contributed by atoms with Gasteiger partial charge in [0.2, 0.25) is 0 Å².